The number of nitrogens with zero attached hydrogens (tertiary/aromatic N) is 3. The highest BCUT2D eigenvalue weighted by Crippen LogP contribution is 2.37. The van der Waals surface area contributed by atoms with Crippen molar-refractivity contribution in [3.63, 3.8) is 0 Å². The van der Waals surface area contributed by atoms with Gasteiger partial charge >= 0.3 is 6.18 Å². The predicted octanol–water partition coefficient (Wildman–Crippen LogP) is 3.98. The fourth-order valence-electron chi connectivity index (χ4n) is 3.47. The molecule has 5 nitrogen and oxygen atoms in total. The number of nitrogens with two attached hydrogens (primary N) is 1. The minimum atomic E-state index is -4.52. The molecule has 3 heterocycles. The largest absolute Gasteiger partial charge is 0.417 e. The Bertz CT molecular complexity index is 892. The van der Waals surface area contributed by atoms with Crippen LogP contribution in [0.2, 0.25) is 5.02 Å². The Morgan fingerprint density at radius 3 is 2.52 bits per heavy atom. The summed E-state index contributed by atoms with van der Waals surface area (Å²) >= 11 is 5.73. The molecule has 2 aliphatic rings. The summed E-state index contributed by atoms with van der Waals surface area (Å²) in [6, 6.07) is 3.79. The molecule has 0 unspecified atom stereocenters. The number of benzene rings is 1. The Kier molecular flexibility index (Phi) is 6.77. The highest BCUT2D eigenvalue weighted by atomic mass is 35.5. The van der Waals surface area contributed by atoms with Crippen LogP contribution in [0.5, 0.6) is 0 Å². The van der Waals surface area contributed by atoms with Gasteiger partial charge in [-0.1, -0.05) is 17.7 Å². The molecular formula is C20H23ClF3N5. The first kappa shape index (κ1) is 21.5. The summed E-state index contributed by atoms with van der Waals surface area (Å²) in [6.45, 7) is 3.31. The Labute approximate surface area is 172 Å². The smallest absolute Gasteiger partial charge is 0.356 e. The van der Waals surface area contributed by atoms with Crippen LogP contribution in [0.3, 0.4) is 0 Å². The summed E-state index contributed by atoms with van der Waals surface area (Å²) in [4.78, 5) is 11.2. The second-order valence-corrected chi connectivity index (χ2v) is 7.08. The van der Waals surface area contributed by atoms with Gasteiger partial charge in [-0.05, 0) is 43.7 Å². The average Bonchev–Trinajstić information content (AvgIpc) is 3.43. The van der Waals surface area contributed by atoms with Crippen molar-refractivity contribution in [2.45, 2.75) is 19.0 Å². The van der Waals surface area contributed by atoms with Gasteiger partial charge in [0.15, 0.2) is 5.82 Å². The Balaban J connectivity index is 0.00000117. The number of rotatable bonds is 3. The molecule has 1 aromatic heterocycles. The van der Waals surface area contributed by atoms with Crippen molar-refractivity contribution in [1.82, 2.24) is 15.3 Å². The Hall–Kier alpha value is -2.16. The van der Waals surface area contributed by atoms with E-state index >= 15 is 0 Å². The number of hydrogen-bond donors (Lipinski definition) is 2. The van der Waals surface area contributed by atoms with E-state index in [0.29, 0.717) is 5.56 Å². The summed E-state index contributed by atoms with van der Waals surface area (Å²) < 4.78 is 39.6. The first-order valence-electron chi connectivity index (χ1n) is 9.40. The SMILES string of the molecule is CN.FC(F)(F)c1cc(-c2ncc(C3=CCNC3)c(N3CCCC3)n2)ccc1Cl. The molecule has 1 saturated heterocycles. The van der Waals surface area contributed by atoms with Gasteiger partial charge in [0.05, 0.1) is 10.6 Å². The Morgan fingerprint density at radius 2 is 1.90 bits per heavy atom. The second-order valence-electron chi connectivity index (χ2n) is 6.68. The maximum Gasteiger partial charge on any atom is 0.417 e. The fourth-order valence-corrected chi connectivity index (χ4v) is 3.69. The molecule has 4 rings (SSSR count). The number of hydrogen-bond acceptors (Lipinski definition) is 5. The van der Waals surface area contributed by atoms with Gasteiger partial charge in [0, 0.05) is 43.5 Å². The van der Waals surface area contributed by atoms with Crippen LogP contribution in [0.4, 0.5) is 19.0 Å². The molecular weight excluding hydrogens is 403 g/mol. The van der Waals surface area contributed by atoms with Crippen LogP contribution in [0.1, 0.15) is 24.0 Å². The zero-order chi connectivity index (χ0) is 21.0. The first-order chi connectivity index (χ1) is 13.9. The van der Waals surface area contributed by atoms with Gasteiger partial charge in [-0.3, -0.25) is 0 Å². The molecule has 3 N–H and O–H groups in total. The summed E-state index contributed by atoms with van der Waals surface area (Å²) in [6.07, 6.45) is 1.45. The summed E-state index contributed by atoms with van der Waals surface area (Å²) in [5.74, 6) is 1.06. The second kappa shape index (κ2) is 9.11. The van der Waals surface area contributed by atoms with Crippen LogP contribution < -0.4 is 16.0 Å². The van der Waals surface area contributed by atoms with Crippen LogP contribution in [0.15, 0.2) is 30.5 Å². The minimum absolute atomic E-state index is 0.273. The van der Waals surface area contributed by atoms with Crippen molar-refractivity contribution in [3.8, 4) is 11.4 Å². The lowest BCUT2D eigenvalue weighted by Gasteiger charge is -2.21. The maximum absolute atomic E-state index is 13.2. The van der Waals surface area contributed by atoms with E-state index in [4.69, 9.17) is 11.6 Å². The van der Waals surface area contributed by atoms with Crippen LogP contribution in [-0.4, -0.2) is 43.2 Å². The molecule has 0 radical (unpaired) electrons. The lowest BCUT2D eigenvalue weighted by atomic mass is 10.1. The number of nitrogens with one attached hydrogen (secondary N) is 1. The van der Waals surface area contributed by atoms with Crippen LogP contribution in [0.25, 0.3) is 17.0 Å². The molecule has 0 spiro atoms. The van der Waals surface area contributed by atoms with E-state index in [1.54, 1.807) is 6.20 Å². The van der Waals surface area contributed by atoms with E-state index in [-0.39, 0.29) is 10.8 Å². The first-order valence-corrected chi connectivity index (χ1v) is 9.78. The van der Waals surface area contributed by atoms with Gasteiger partial charge in [-0.15, -0.1) is 0 Å². The van der Waals surface area contributed by atoms with E-state index in [9.17, 15) is 13.2 Å². The third-order valence-corrected chi connectivity index (χ3v) is 5.19. The van der Waals surface area contributed by atoms with Crippen LogP contribution in [0, 0.1) is 0 Å². The molecule has 29 heavy (non-hydrogen) atoms. The Morgan fingerprint density at radius 1 is 1.17 bits per heavy atom. The fraction of sp³-hybridized carbons (Fsp3) is 0.400. The van der Waals surface area contributed by atoms with E-state index in [1.165, 1.54) is 19.2 Å². The highest BCUT2D eigenvalue weighted by Gasteiger charge is 2.33. The van der Waals surface area contributed by atoms with Gasteiger partial charge in [0.2, 0.25) is 0 Å². The van der Waals surface area contributed by atoms with Crippen LogP contribution in [-0.2, 0) is 6.18 Å². The lowest BCUT2D eigenvalue weighted by Crippen LogP contribution is -2.21. The monoisotopic (exact) mass is 425 g/mol. The van der Waals surface area contributed by atoms with E-state index in [2.05, 4.69) is 32.0 Å². The summed E-state index contributed by atoms with van der Waals surface area (Å²) in [7, 11) is 1.50. The molecule has 0 saturated carbocycles. The number of anilines is 1. The van der Waals surface area contributed by atoms with Crippen molar-refractivity contribution in [1.29, 1.82) is 0 Å². The minimum Gasteiger partial charge on any atom is -0.356 e. The summed E-state index contributed by atoms with van der Waals surface area (Å²) in [5.41, 5.74) is 5.99. The van der Waals surface area contributed by atoms with Gasteiger partial charge < -0.3 is 16.0 Å². The van der Waals surface area contributed by atoms with Crippen molar-refractivity contribution in [2.24, 2.45) is 5.73 Å². The quantitative estimate of drug-likeness (QED) is 0.778. The number of alkyl halides is 3. The average molecular weight is 426 g/mol. The molecule has 0 aliphatic carbocycles. The van der Waals surface area contributed by atoms with Crippen molar-refractivity contribution in [3.05, 3.63) is 46.6 Å². The molecule has 2 aromatic rings. The molecule has 0 atom stereocenters. The van der Waals surface area contributed by atoms with Gasteiger partial charge in [-0.25, -0.2) is 9.97 Å². The molecule has 0 amide bonds. The molecule has 9 heteroatoms. The van der Waals surface area contributed by atoms with Crippen LogP contribution >= 0.6 is 11.6 Å². The van der Waals surface area contributed by atoms with E-state index in [0.717, 1.165) is 62.0 Å². The van der Waals surface area contributed by atoms with E-state index < -0.39 is 11.7 Å². The maximum atomic E-state index is 13.2. The van der Waals surface area contributed by atoms with Crippen molar-refractivity contribution >= 4 is 23.0 Å². The normalized spacial score (nSPS) is 16.5. The molecule has 1 aromatic carbocycles. The summed E-state index contributed by atoms with van der Waals surface area (Å²) in [5, 5.41) is 2.93. The lowest BCUT2D eigenvalue weighted by molar-refractivity contribution is -0.137. The number of aromatic nitrogens is 2. The predicted molar refractivity (Wildman–Crippen MR) is 110 cm³/mol. The molecule has 156 valence electrons. The van der Waals surface area contributed by atoms with Crippen molar-refractivity contribution in [2.75, 3.05) is 38.1 Å². The molecule has 2 aliphatic heterocycles. The highest BCUT2D eigenvalue weighted by molar-refractivity contribution is 6.31. The third-order valence-electron chi connectivity index (χ3n) is 4.86. The molecule has 1 fully saturated rings. The third kappa shape index (κ3) is 4.71. The number of halogens is 4. The molecule has 0 bridgehead atoms. The van der Waals surface area contributed by atoms with Gasteiger partial charge in [0.1, 0.15) is 5.82 Å². The van der Waals surface area contributed by atoms with Gasteiger partial charge in [0.25, 0.3) is 0 Å². The standard InChI is InChI=1S/C19H18ClF3N4.CH5N/c20-16-4-3-12(9-15(16)19(21,22)23)17-25-11-14(13-5-6-24-10-13)18(26-17)27-7-1-2-8-27;1-2/h3-5,9,11,24H,1-2,6-8,10H2;2H2,1H3. The zero-order valence-corrected chi connectivity index (χ0v) is 16.8. The van der Waals surface area contributed by atoms with Gasteiger partial charge in [-0.2, -0.15) is 13.2 Å². The topological polar surface area (TPSA) is 67.1 Å². The zero-order valence-electron chi connectivity index (χ0n) is 16.1. The van der Waals surface area contributed by atoms with E-state index in [1.807, 2.05) is 0 Å². The van der Waals surface area contributed by atoms with Crippen molar-refractivity contribution < 1.29 is 13.2 Å².